The zero-order valence-electron chi connectivity index (χ0n) is 11.6. The zero-order chi connectivity index (χ0) is 13.5. The molecular weight excluding hydrogens is 242 g/mol. The van der Waals surface area contributed by atoms with Crippen molar-refractivity contribution in [1.82, 2.24) is 15.0 Å². The second-order valence-electron chi connectivity index (χ2n) is 5.77. The number of aromatic nitrogens is 2. The molecular formula is C14H19N3O2. The van der Waals surface area contributed by atoms with Gasteiger partial charge in [-0.3, -0.25) is 4.90 Å². The molecule has 1 saturated carbocycles. The molecule has 1 fully saturated rings. The first-order chi connectivity index (χ1) is 9.08. The van der Waals surface area contributed by atoms with Gasteiger partial charge >= 0.3 is 0 Å². The predicted molar refractivity (Wildman–Crippen MR) is 70.3 cm³/mol. The van der Waals surface area contributed by atoms with E-state index in [4.69, 9.17) is 8.94 Å². The molecule has 1 atom stereocenters. The molecule has 0 spiro atoms. The fourth-order valence-corrected chi connectivity index (χ4v) is 2.33. The average Bonchev–Trinajstić information content (AvgIpc) is 2.88. The first-order valence-electron chi connectivity index (χ1n) is 6.64. The van der Waals surface area contributed by atoms with Gasteiger partial charge in [-0.2, -0.15) is 4.98 Å². The van der Waals surface area contributed by atoms with Crippen LogP contribution in [-0.2, 0) is 6.54 Å². The fraction of sp³-hybridized carbons (Fsp3) is 0.571. The lowest BCUT2D eigenvalue weighted by Gasteiger charge is -2.28. The van der Waals surface area contributed by atoms with Gasteiger partial charge in [0.15, 0.2) is 0 Å². The van der Waals surface area contributed by atoms with E-state index in [2.05, 4.69) is 35.9 Å². The lowest BCUT2D eigenvalue weighted by atomic mass is 10.00. The lowest BCUT2D eigenvalue weighted by Crippen LogP contribution is -2.35. The van der Waals surface area contributed by atoms with Crippen LogP contribution in [0.5, 0.6) is 0 Å². The van der Waals surface area contributed by atoms with Gasteiger partial charge in [0.05, 0.1) is 18.4 Å². The largest absolute Gasteiger partial charge is 0.472 e. The molecule has 2 heterocycles. The third-order valence-corrected chi connectivity index (χ3v) is 4.34. The van der Waals surface area contributed by atoms with Gasteiger partial charge < -0.3 is 8.94 Å². The van der Waals surface area contributed by atoms with E-state index >= 15 is 0 Å². The molecule has 0 bridgehead atoms. The van der Waals surface area contributed by atoms with Crippen LogP contribution in [-0.4, -0.2) is 28.1 Å². The Bertz CT molecular complexity index is 543. The van der Waals surface area contributed by atoms with Gasteiger partial charge in [0.25, 0.3) is 0 Å². The quantitative estimate of drug-likeness (QED) is 0.828. The molecule has 5 nitrogen and oxygen atoms in total. The molecule has 0 saturated heterocycles. The Morgan fingerprint density at radius 2 is 2.26 bits per heavy atom. The van der Waals surface area contributed by atoms with E-state index in [9.17, 15) is 0 Å². The SMILES string of the molecule is C[C@@H](N(C)Cc1nc(-c2ccoc2)no1)C1(C)CC1. The second kappa shape index (κ2) is 4.49. The highest BCUT2D eigenvalue weighted by Crippen LogP contribution is 2.49. The van der Waals surface area contributed by atoms with E-state index in [0.29, 0.717) is 29.7 Å². The van der Waals surface area contributed by atoms with Gasteiger partial charge in [0, 0.05) is 6.04 Å². The summed E-state index contributed by atoms with van der Waals surface area (Å²) in [5, 5.41) is 3.98. The lowest BCUT2D eigenvalue weighted by molar-refractivity contribution is 0.159. The summed E-state index contributed by atoms with van der Waals surface area (Å²) in [4.78, 5) is 6.68. The van der Waals surface area contributed by atoms with E-state index in [1.165, 1.54) is 12.8 Å². The van der Waals surface area contributed by atoms with Crippen LogP contribution in [0.25, 0.3) is 11.4 Å². The van der Waals surface area contributed by atoms with Crippen molar-refractivity contribution < 1.29 is 8.94 Å². The van der Waals surface area contributed by atoms with E-state index in [1.54, 1.807) is 12.5 Å². The van der Waals surface area contributed by atoms with E-state index < -0.39 is 0 Å². The van der Waals surface area contributed by atoms with Crippen molar-refractivity contribution in [2.45, 2.75) is 39.3 Å². The summed E-state index contributed by atoms with van der Waals surface area (Å²) in [6.07, 6.45) is 5.84. The minimum absolute atomic E-state index is 0.460. The highest BCUT2D eigenvalue weighted by atomic mass is 16.5. The van der Waals surface area contributed by atoms with Crippen LogP contribution in [0.3, 0.4) is 0 Å². The molecule has 0 aromatic carbocycles. The number of nitrogens with zero attached hydrogens (tertiary/aromatic N) is 3. The molecule has 1 aliphatic carbocycles. The summed E-state index contributed by atoms with van der Waals surface area (Å²) in [5.74, 6) is 1.23. The summed E-state index contributed by atoms with van der Waals surface area (Å²) in [6, 6.07) is 2.35. The highest BCUT2D eigenvalue weighted by molar-refractivity contribution is 5.51. The molecule has 0 unspecified atom stereocenters. The molecule has 0 N–H and O–H groups in total. The van der Waals surface area contributed by atoms with Crippen molar-refractivity contribution in [2.75, 3.05) is 7.05 Å². The molecule has 0 amide bonds. The molecule has 2 aromatic rings. The maximum Gasteiger partial charge on any atom is 0.241 e. The minimum Gasteiger partial charge on any atom is -0.472 e. The Morgan fingerprint density at radius 1 is 1.47 bits per heavy atom. The number of hydrogen-bond donors (Lipinski definition) is 0. The predicted octanol–water partition coefficient (Wildman–Crippen LogP) is 2.95. The van der Waals surface area contributed by atoms with Gasteiger partial charge in [-0.1, -0.05) is 12.1 Å². The van der Waals surface area contributed by atoms with Crippen LogP contribution in [0, 0.1) is 5.41 Å². The first-order valence-corrected chi connectivity index (χ1v) is 6.64. The van der Waals surface area contributed by atoms with Crippen molar-refractivity contribution in [3.05, 3.63) is 24.5 Å². The van der Waals surface area contributed by atoms with Gasteiger partial charge in [-0.25, -0.2) is 0 Å². The number of furan rings is 1. The van der Waals surface area contributed by atoms with Gasteiger partial charge in [-0.05, 0) is 38.3 Å². The third-order valence-electron chi connectivity index (χ3n) is 4.34. The van der Waals surface area contributed by atoms with Gasteiger partial charge in [0.2, 0.25) is 11.7 Å². The average molecular weight is 261 g/mol. The van der Waals surface area contributed by atoms with Gasteiger partial charge in [0.1, 0.15) is 6.26 Å². The Balaban J connectivity index is 1.67. The summed E-state index contributed by atoms with van der Waals surface area (Å²) in [6.45, 7) is 5.28. The summed E-state index contributed by atoms with van der Waals surface area (Å²) in [5.41, 5.74) is 1.31. The van der Waals surface area contributed by atoms with Crippen LogP contribution in [0.4, 0.5) is 0 Å². The zero-order valence-corrected chi connectivity index (χ0v) is 11.6. The minimum atomic E-state index is 0.460. The van der Waals surface area contributed by atoms with E-state index in [0.717, 1.165) is 5.56 Å². The Kier molecular flexibility index (Phi) is 2.93. The third kappa shape index (κ3) is 2.42. The second-order valence-corrected chi connectivity index (χ2v) is 5.77. The molecule has 1 aliphatic rings. The van der Waals surface area contributed by atoms with Crippen LogP contribution in [0.15, 0.2) is 27.5 Å². The molecule has 3 rings (SSSR count). The first kappa shape index (κ1) is 12.4. The van der Waals surface area contributed by atoms with Crippen LogP contribution >= 0.6 is 0 Å². The van der Waals surface area contributed by atoms with Crippen molar-refractivity contribution in [1.29, 1.82) is 0 Å². The van der Waals surface area contributed by atoms with E-state index in [1.807, 2.05) is 6.07 Å². The van der Waals surface area contributed by atoms with Crippen LogP contribution in [0.2, 0.25) is 0 Å². The Morgan fingerprint density at radius 3 is 2.89 bits per heavy atom. The Labute approximate surface area is 112 Å². The fourth-order valence-electron chi connectivity index (χ4n) is 2.33. The maximum absolute atomic E-state index is 5.30. The molecule has 5 heteroatoms. The van der Waals surface area contributed by atoms with Crippen LogP contribution < -0.4 is 0 Å². The molecule has 19 heavy (non-hydrogen) atoms. The van der Waals surface area contributed by atoms with Crippen molar-refractivity contribution in [3.8, 4) is 11.4 Å². The summed E-state index contributed by atoms with van der Waals surface area (Å²) < 4.78 is 10.3. The maximum atomic E-state index is 5.30. The molecule has 102 valence electrons. The smallest absolute Gasteiger partial charge is 0.241 e. The van der Waals surface area contributed by atoms with Crippen molar-refractivity contribution in [3.63, 3.8) is 0 Å². The van der Waals surface area contributed by atoms with Gasteiger partial charge in [-0.15, -0.1) is 0 Å². The summed E-state index contributed by atoms with van der Waals surface area (Å²) in [7, 11) is 2.11. The topological polar surface area (TPSA) is 55.3 Å². The number of hydrogen-bond acceptors (Lipinski definition) is 5. The molecule has 0 aliphatic heterocycles. The Hall–Kier alpha value is -1.62. The number of rotatable bonds is 5. The summed E-state index contributed by atoms with van der Waals surface area (Å²) >= 11 is 0. The highest BCUT2D eigenvalue weighted by Gasteiger charge is 2.44. The normalized spacial score (nSPS) is 18.7. The van der Waals surface area contributed by atoms with Crippen molar-refractivity contribution in [2.24, 2.45) is 5.41 Å². The molecule has 0 radical (unpaired) electrons. The van der Waals surface area contributed by atoms with Crippen LogP contribution in [0.1, 0.15) is 32.6 Å². The van der Waals surface area contributed by atoms with Crippen molar-refractivity contribution >= 4 is 0 Å². The monoisotopic (exact) mass is 261 g/mol. The standard InChI is InChI=1S/C14H19N3O2/c1-10(14(2)5-6-14)17(3)8-12-15-13(16-19-12)11-4-7-18-9-11/h4,7,9-10H,5-6,8H2,1-3H3/t10-/m1/s1. The van der Waals surface area contributed by atoms with E-state index in [-0.39, 0.29) is 0 Å². The molecule has 2 aromatic heterocycles.